The largest absolute Gasteiger partial charge is 0.453 e. The Bertz CT molecular complexity index is 1120. The fraction of sp³-hybridized carbons (Fsp3) is 0.690. The number of carbonyl (C=O) groups is 3. The number of rotatable bonds is 5. The van der Waals surface area contributed by atoms with E-state index in [1.54, 1.807) is 4.90 Å². The molecule has 3 heterocycles. The standard InChI is InChI=1S/C29H39F3N4O6/c1-40-26(38)34-14-15-36(41-17-16-34)25(37)23-6-2-22(3-7-23)19-35-20-28(42-27(35)39)10-12-33(13-11-28)18-21-4-8-24(9-5-21)29(30,31)32/h4-5,8-9,22-23H,2-3,6-7,10-20H2,1H3. The lowest BCUT2D eigenvalue weighted by Crippen LogP contribution is -2.47. The van der Waals surface area contributed by atoms with Crippen LogP contribution in [0.25, 0.3) is 0 Å². The molecule has 1 aromatic rings. The van der Waals surface area contributed by atoms with Crippen molar-refractivity contribution in [2.24, 2.45) is 11.8 Å². The second kappa shape index (κ2) is 12.7. The molecule has 3 saturated heterocycles. The molecule has 1 saturated carbocycles. The molecule has 0 atom stereocenters. The van der Waals surface area contributed by atoms with E-state index in [2.05, 4.69) is 4.90 Å². The number of alkyl halides is 3. The van der Waals surface area contributed by atoms with Gasteiger partial charge in [0.2, 0.25) is 5.91 Å². The van der Waals surface area contributed by atoms with Crippen molar-refractivity contribution in [3.63, 3.8) is 0 Å². The zero-order valence-electron chi connectivity index (χ0n) is 23.9. The maximum absolute atomic E-state index is 13.1. The number of likely N-dealkylation sites (tertiary alicyclic amines) is 1. The molecule has 1 aromatic carbocycles. The van der Waals surface area contributed by atoms with Gasteiger partial charge in [0.05, 0.1) is 38.9 Å². The highest BCUT2D eigenvalue weighted by Gasteiger charge is 2.47. The van der Waals surface area contributed by atoms with Crippen molar-refractivity contribution in [1.82, 2.24) is 19.8 Å². The summed E-state index contributed by atoms with van der Waals surface area (Å²) < 4.78 is 49.2. The number of ether oxygens (including phenoxy) is 2. The Morgan fingerprint density at radius 3 is 2.33 bits per heavy atom. The van der Waals surface area contributed by atoms with E-state index in [4.69, 9.17) is 14.3 Å². The van der Waals surface area contributed by atoms with Crippen LogP contribution in [0.1, 0.15) is 49.7 Å². The third-order valence-corrected chi connectivity index (χ3v) is 9.03. The molecule has 10 nitrogen and oxygen atoms in total. The minimum atomic E-state index is -4.34. The monoisotopic (exact) mass is 596 g/mol. The summed E-state index contributed by atoms with van der Waals surface area (Å²) >= 11 is 0. The summed E-state index contributed by atoms with van der Waals surface area (Å²) in [6, 6.07) is 5.27. The van der Waals surface area contributed by atoms with Crippen molar-refractivity contribution in [3.05, 3.63) is 35.4 Å². The van der Waals surface area contributed by atoms with Crippen molar-refractivity contribution < 1.29 is 41.9 Å². The van der Waals surface area contributed by atoms with Gasteiger partial charge in [-0.15, -0.1) is 0 Å². The second-order valence-corrected chi connectivity index (χ2v) is 11.9. The number of halogens is 3. The van der Waals surface area contributed by atoms with Gasteiger partial charge in [-0.2, -0.15) is 13.2 Å². The number of hydroxylamine groups is 2. The molecule has 0 radical (unpaired) electrons. The number of nitrogens with zero attached hydrogens (tertiary/aromatic N) is 4. The molecule has 42 heavy (non-hydrogen) atoms. The van der Waals surface area contributed by atoms with Crippen molar-refractivity contribution in [2.75, 3.05) is 59.5 Å². The SMILES string of the molecule is COC(=O)N1CCON(C(=O)C2CCC(CN3CC4(CCN(Cc5ccc(C(F)(F)F)cc5)CC4)OC3=O)CC2)CC1. The lowest BCUT2D eigenvalue weighted by atomic mass is 9.81. The normalized spacial score (nSPS) is 25.3. The maximum Gasteiger partial charge on any atom is 0.416 e. The molecule has 13 heteroatoms. The Labute approximate surface area is 243 Å². The van der Waals surface area contributed by atoms with E-state index in [1.165, 1.54) is 29.2 Å². The molecule has 0 N–H and O–H groups in total. The summed E-state index contributed by atoms with van der Waals surface area (Å²) in [4.78, 5) is 48.8. The predicted octanol–water partition coefficient (Wildman–Crippen LogP) is 4.14. The first-order chi connectivity index (χ1) is 20.0. The number of methoxy groups -OCH3 is 1. The van der Waals surface area contributed by atoms with Crippen LogP contribution < -0.4 is 0 Å². The quantitative estimate of drug-likeness (QED) is 0.505. The van der Waals surface area contributed by atoms with E-state index in [-0.39, 0.29) is 30.4 Å². The minimum absolute atomic E-state index is 0.0530. The van der Waals surface area contributed by atoms with Crippen LogP contribution in [-0.4, -0.2) is 103 Å². The molecular formula is C29H39F3N4O6. The summed E-state index contributed by atoms with van der Waals surface area (Å²) in [6.07, 6.45) is -0.609. The number of piperidine rings is 1. The van der Waals surface area contributed by atoms with E-state index in [1.807, 2.05) is 0 Å². The molecule has 4 fully saturated rings. The summed E-state index contributed by atoms with van der Waals surface area (Å²) in [5.41, 5.74) is -0.353. The smallest absolute Gasteiger partial charge is 0.416 e. The van der Waals surface area contributed by atoms with Gasteiger partial charge in [-0.3, -0.25) is 14.5 Å². The zero-order valence-corrected chi connectivity index (χ0v) is 23.9. The molecule has 232 valence electrons. The van der Waals surface area contributed by atoms with Gasteiger partial charge in [0.15, 0.2) is 0 Å². The van der Waals surface area contributed by atoms with Crippen molar-refractivity contribution in [2.45, 2.75) is 56.8 Å². The molecular weight excluding hydrogens is 557 g/mol. The molecule has 4 aliphatic rings. The van der Waals surface area contributed by atoms with Crippen LogP contribution in [0.4, 0.5) is 22.8 Å². The Balaban J connectivity index is 1.04. The van der Waals surface area contributed by atoms with E-state index < -0.39 is 23.4 Å². The molecule has 3 aliphatic heterocycles. The molecule has 3 amide bonds. The number of hydrogen-bond donors (Lipinski definition) is 0. The topological polar surface area (TPSA) is 91.9 Å². The first-order valence-electron chi connectivity index (χ1n) is 14.7. The van der Waals surface area contributed by atoms with Gasteiger partial charge < -0.3 is 19.3 Å². The third kappa shape index (κ3) is 7.11. The summed E-state index contributed by atoms with van der Waals surface area (Å²) in [5.74, 6) is 0.0934. The Morgan fingerprint density at radius 1 is 1.00 bits per heavy atom. The molecule has 0 aromatic heterocycles. The summed E-state index contributed by atoms with van der Waals surface area (Å²) in [6.45, 7) is 4.37. The number of carbonyl (C=O) groups excluding carboxylic acids is 3. The van der Waals surface area contributed by atoms with Crippen LogP contribution in [0.2, 0.25) is 0 Å². The second-order valence-electron chi connectivity index (χ2n) is 11.9. The highest BCUT2D eigenvalue weighted by molar-refractivity contribution is 5.78. The molecule has 0 bridgehead atoms. The van der Waals surface area contributed by atoms with Gasteiger partial charge in [-0.25, -0.2) is 14.7 Å². The van der Waals surface area contributed by atoms with Gasteiger partial charge in [0.1, 0.15) is 5.60 Å². The molecule has 1 spiro atoms. The van der Waals surface area contributed by atoms with Crippen LogP contribution >= 0.6 is 0 Å². The fourth-order valence-electron chi connectivity index (χ4n) is 6.51. The van der Waals surface area contributed by atoms with Crippen LogP contribution in [-0.2, 0) is 31.8 Å². The van der Waals surface area contributed by atoms with Gasteiger partial charge >= 0.3 is 18.4 Å². The average Bonchev–Trinajstić information content (AvgIpc) is 3.12. The van der Waals surface area contributed by atoms with E-state index in [0.717, 1.165) is 43.4 Å². The number of amides is 3. The Morgan fingerprint density at radius 2 is 1.69 bits per heavy atom. The van der Waals surface area contributed by atoms with Gasteiger partial charge in [-0.05, 0) is 49.3 Å². The molecule has 5 rings (SSSR count). The lowest BCUT2D eigenvalue weighted by molar-refractivity contribution is -0.187. The van der Waals surface area contributed by atoms with Crippen LogP contribution in [0, 0.1) is 11.8 Å². The maximum atomic E-state index is 13.1. The highest BCUT2D eigenvalue weighted by Crippen LogP contribution is 2.37. The minimum Gasteiger partial charge on any atom is -0.453 e. The number of hydrogen-bond acceptors (Lipinski definition) is 7. The van der Waals surface area contributed by atoms with Gasteiger partial charge in [0, 0.05) is 51.5 Å². The third-order valence-electron chi connectivity index (χ3n) is 9.03. The predicted molar refractivity (Wildman–Crippen MR) is 144 cm³/mol. The van der Waals surface area contributed by atoms with E-state index in [9.17, 15) is 27.6 Å². The first-order valence-corrected chi connectivity index (χ1v) is 14.7. The van der Waals surface area contributed by atoms with Crippen LogP contribution in [0.3, 0.4) is 0 Å². The lowest BCUT2D eigenvalue weighted by Gasteiger charge is -2.37. The van der Waals surface area contributed by atoms with Gasteiger partial charge in [-0.1, -0.05) is 12.1 Å². The van der Waals surface area contributed by atoms with E-state index in [0.29, 0.717) is 65.2 Å². The van der Waals surface area contributed by atoms with Crippen molar-refractivity contribution in [3.8, 4) is 0 Å². The van der Waals surface area contributed by atoms with Crippen molar-refractivity contribution in [1.29, 1.82) is 0 Å². The fourth-order valence-corrected chi connectivity index (χ4v) is 6.51. The first kappa shape index (κ1) is 30.4. The van der Waals surface area contributed by atoms with Crippen LogP contribution in [0.15, 0.2) is 24.3 Å². The van der Waals surface area contributed by atoms with E-state index >= 15 is 0 Å². The Kier molecular flexibility index (Phi) is 9.17. The molecule has 0 unspecified atom stereocenters. The Hall–Kier alpha value is -3.06. The zero-order chi connectivity index (χ0) is 29.9. The summed E-state index contributed by atoms with van der Waals surface area (Å²) in [5, 5.41) is 1.39. The highest BCUT2D eigenvalue weighted by atomic mass is 19.4. The van der Waals surface area contributed by atoms with Crippen LogP contribution in [0.5, 0.6) is 0 Å². The average molecular weight is 597 g/mol. The van der Waals surface area contributed by atoms with Gasteiger partial charge in [0.25, 0.3) is 0 Å². The molecule has 1 aliphatic carbocycles. The summed E-state index contributed by atoms with van der Waals surface area (Å²) in [7, 11) is 1.33. The number of benzene rings is 1. The van der Waals surface area contributed by atoms with Crippen molar-refractivity contribution >= 4 is 18.1 Å².